The Balaban J connectivity index is 0.00000385. The lowest BCUT2D eigenvalue weighted by molar-refractivity contribution is 0.0672. The van der Waals surface area contributed by atoms with Crippen LogP contribution in [0.3, 0.4) is 0 Å². The zero-order valence-electron chi connectivity index (χ0n) is 20.1. The molecule has 1 heterocycles. The van der Waals surface area contributed by atoms with E-state index in [0.717, 1.165) is 56.2 Å². The molecule has 1 aliphatic heterocycles. The van der Waals surface area contributed by atoms with Crippen molar-refractivity contribution in [1.82, 2.24) is 15.5 Å². The molecule has 0 fully saturated rings. The zero-order chi connectivity index (χ0) is 23.0. The van der Waals surface area contributed by atoms with Gasteiger partial charge < -0.3 is 25.2 Å². The predicted octanol–water partition coefficient (Wildman–Crippen LogP) is 3.14. The number of hydrogen-bond acceptors (Lipinski definition) is 5. The number of ether oxygens (including phenoxy) is 2. The number of nitrogens with one attached hydrogen (secondary N) is 2. The van der Waals surface area contributed by atoms with Crippen LogP contribution in [-0.2, 0) is 18.6 Å². The SMILES string of the molecule is CCNC(=NCC(C)(O)c1ccccc1)NCCN1CCc2cc(OC)c(OC)cc2C1.I. The highest BCUT2D eigenvalue weighted by molar-refractivity contribution is 14.0. The van der Waals surface area contributed by atoms with Crippen molar-refractivity contribution in [2.24, 2.45) is 4.99 Å². The number of rotatable bonds is 9. The quantitative estimate of drug-likeness (QED) is 0.245. The van der Waals surface area contributed by atoms with Gasteiger partial charge in [0.05, 0.1) is 20.8 Å². The number of benzene rings is 2. The van der Waals surface area contributed by atoms with Crippen LogP contribution < -0.4 is 20.1 Å². The first kappa shape index (κ1) is 27.2. The molecule has 0 saturated heterocycles. The zero-order valence-corrected chi connectivity index (χ0v) is 22.4. The lowest BCUT2D eigenvalue weighted by Crippen LogP contribution is -2.43. The molecule has 0 radical (unpaired) electrons. The van der Waals surface area contributed by atoms with Crippen LogP contribution in [0.1, 0.15) is 30.5 Å². The summed E-state index contributed by atoms with van der Waals surface area (Å²) in [6.07, 6.45) is 0.990. The van der Waals surface area contributed by atoms with Gasteiger partial charge in [-0.2, -0.15) is 0 Å². The summed E-state index contributed by atoms with van der Waals surface area (Å²) in [5.74, 6) is 2.28. The van der Waals surface area contributed by atoms with E-state index in [4.69, 9.17) is 9.47 Å². The summed E-state index contributed by atoms with van der Waals surface area (Å²) in [6.45, 7) is 8.42. The molecular weight excluding hydrogens is 531 g/mol. The largest absolute Gasteiger partial charge is 0.493 e. The van der Waals surface area contributed by atoms with Gasteiger partial charge in [-0.05, 0) is 49.1 Å². The van der Waals surface area contributed by atoms with Gasteiger partial charge in [0.25, 0.3) is 0 Å². The summed E-state index contributed by atoms with van der Waals surface area (Å²) in [7, 11) is 3.35. The van der Waals surface area contributed by atoms with Gasteiger partial charge in [0, 0.05) is 32.7 Å². The van der Waals surface area contributed by atoms with Crippen LogP contribution in [0.5, 0.6) is 11.5 Å². The van der Waals surface area contributed by atoms with Crippen LogP contribution >= 0.6 is 24.0 Å². The van der Waals surface area contributed by atoms with E-state index in [9.17, 15) is 5.11 Å². The summed E-state index contributed by atoms with van der Waals surface area (Å²) >= 11 is 0. The van der Waals surface area contributed by atoms with E-state index >= 15 is 0 Å². The minimum Gasteiger partial charge on any atom is -0.493 e. The Morgan fingerprint density at radius 2 is 1.76 bits per heavy atom. The Kier molecular flexibility index (Phi) is 10.7. The first-order chi connectivity index (χ1) is 15.5. The van der Waals surface area contributed by atoms with Gasteiger partial charge in [-0.15, -0.1) is 24.0 Å². The van der Waals surface area contributed by atoms with Gasteiger partial charge in [-0.25, -0.2) is 4.99 Å². The topological polar surface area (TPSA) is 78.4 Å². The molecule has 8 heteroatoms. The van der Waals surface area contributed by atoms with Crippen LogP contribution in [0.15, 0.2) is 47.5 Å². The monoisotopic (exact) mass is 568 g/mol. The van der Waals surface area contributed by atoms with E-state index < -0.39 is 5.60 Å². The molecule has 0 saturated carbocycles. The fraction of sp³-hybridized carbons (Fsp3) is 0.480. The van der Waals surface area contributed by atoms with Crippen LogP contribution in [0.25, 0.3) is 0 Å². The predicted molar refractivity (Wildman–Crippen MR) is 144 cm³/mol. The maximum absolute atomic E-state index is 10.8. The van der Waals surface area contributed by atoms with E-state index in [1.54, 1.807) is 21.1 Å². The van der Waals surface area contributed by atoms with E-state index in [1.165, 1.54) is 11.1 Å². The number of guanidine groups is 1. The molecule has 0 amide bonds. The molecule has 2 aromatic carbocycles. The first-order valence-corrected chi connectivity index (χ1v) is 11.2. The lowest BCUT2D eigenvalue weighted by Gasteiger charge is -2.29. The van der Waals surface area contributed by atoms with Gasteiger partial charge in [0.15, 0.2) is 17.5 Å². The molecule has 33 heavy (non-hydrogen) atoms. The summed E-state index contributed by atoms with van der Waals surface area (Å²) < 4.78 is 10.9. The summed E-state index contributed by atoms with van der Waals surface area (Å²) in [5, 5.41) is 17.5. The molecule has 0 aliphatic carbocycles. The number of nitrogens with zero attached hydrogens (tertiary/aromatic N) is 2. The van der Waals surface area contributed by atoms with Crippen molar-refractivity contribution in [1.29, 1.82) is 0 Å². The molecular formula is C25H37IN4O3. The third-order valence-corrected chi connectivity index (χ3v) is 5.80. The Hall–Kier alpha value is -2.04. The van der Waals surface area contributed by atoms with Crippen molar-refractivity contribution in [2.45, 2.75) is 32.4 Å². The molecule has 3 N–H and O–H groups in total. The molecule has 2 aromatic rings. The summed E-state index contributed by atoms with van der Waals surface area (Å²) in [4.78, 5) is 7.04. The van der Waals surface area contributed by atoms with Crippen LogP contribution in [0.4, 0.5) is 0 Å². The van der Waals surface area contributed by atoms with E-state index in [-0.39, 0.29) is 30.5 Å². The summed E-state index contributed by atoms with van der Waals surface area (Å²) in [5.41, 5.74) is 2.46. The van der Waals surface area contributed by atoms with Gasteiger partial charge in [0.2, 0.25) is 0 Å². The third-order valence-electron chi connectivity index (χ3n) is 5.80. The Morgan fingerprint density at radius 1 is 1.09 bits per heavy atom. The maximum atomic E-state index is 10.8. The normalized spacial score (nSPS) is 15.6. The number of hydrogen-bond donors (Lipinski definition) is 3. The number of halogens is 1. The Morgan fingerprint density at radius 3 is 2.39 bits per heavy atom. The Labute approximate surface area is 214 Å². The Bertz CT molecular complexity index is 906. The van der Waals surface area contributed by atoms with E-state index in [2.05, 4.69) is 32.7 Å². The fourth-order valence-electron chi connectivity index (χ4n) is 3.93. The van der Waals surface area contributed by atoms with Gasteiger partial charge >= 0.3 is 0 Å². The minimum absolute atomic E-state index is 0. The highest BCUT2D eigenvalue weighted by atomic mass is 127. The number of aliphatic hydroxyl groups is 1. The fourth-order valence-corrected chi connectivity index (χ4v) is 3.93. The van der Waals surface area contributed by atoms with Crippen molar-refractivity contribution in [3.05, 3.63) is 59.2 Å². The van der Waals surface area contributed by atoms with E-state index in [1.807, 2.05) is 37.3 Å². The first-order valence-electron chi connectivity index (χ1n) is 11.2. The smallest absolute Gasteiger partial charge is 0.191 e. The molecule has 3 rings (SSSR count). The minimum atomic E-state index is -1.01. The molecule has 1 atom stereocenters. The van der Waals surface area contributed by atoms with Crippen LogP contribution in [0, 0.1) is 0 Å². The molecule has 1 unspecified atom stereocenters. The highest BCUT2D eigenvalue weighted by Crippen LogP contribution is 2.33. The molecule has 0 aromatic heterocycles. The van der Waals surface area contributed by atoms with Crippen molar-refractivity contribution in [3.63, 3.8) is 0 Å². The average Bonchev–Trinajstić information content (AvgIpc) is 2.82. The molecule has 0 bridgehead atoms. The highest BCUT2D eigenvalue weighted by Gasteiger charge is 2.23. The molecule has 182 valence electrons. The van der Waals surface area contributed by atoms with E-state index in [0.29, 0.717) is 5.96 Å². The second-order valence-electron chi connectivity index (χ2n) is 8.26. The average molecular weight is 569 g/mol. The lowest BCUT2D eigenvalue weighted by atomic mass is 9.96. The van der Waals surface area contributed by atoms with Gasteiger partial charge in [-0.3, -0.25) is 4.90 Å². The molecule has 1 aliphatic rings. The standard InChI is InChI=1S/C25H36N4O3.HI/c1-5-26-24(28-18-25(2,30)21-9-7-6-8-10-21)27-12-14-29-13-11-19-15-22(31-3)23(32-4)16-20(19)17-29;/h6-10,15-16,30H,5,11-14,17-18H2,1-4H3,(H2,26,27,28);1H. The van der Waals surface area contributed by atoms with Gasteiger partial charge in [0.1, 0.15) is 5.60 Å². The number of methoxy groups -OCH3 is 2. The summed E-state index contributed by atoms with van der Waals surface area (Å²) in [6, 6.07) is 13.8. The van der Waals surface area contributed by atoms with Gasteiger partial charge in [-0.1, -0.05) is 30.3 Å². The van der Waals surface area contributed by atoms with Crippen molar-refractivity contribution < 1.29 is 14.6 Å². The van der Waals surface area contributed by atoms with Crippen LogP contribution in [0.2, 0.25) is 0 Å². The van der Waals surface area contributed by atoms with Crippen molar-refractivity contribution >= 4 is 29.9 Å². The van der Waals surface area contributed by atoms with Crippen molar-refractivity contribution in [3.8, 4) is 11.5 Å². The maximum Gasteiger partial charge on any atom is 0.191 e. The molecule has 0 spiro atoms. The number of fused-ring (bicyclic) bond motifs is 1. The number of aliphatic imine (C=N–C) groups is 1. The van der Waals surface area contributed by atoms with Crippen molar-refractivity contribution in [2.75, 3.05) is 46.9 Å². The second kappa shape index (κ2) is 13.0. The van der Waals surface area contributed by atoms with Crippen LogP contribution in [-0.4, -0.2) is 62.9 Å². The third kappa shape index (κ3) is 7.48. The second-order valence-corrected chi connectivity index (χ2v) is 8.26. The molecule has 7 nitrogen and oxygen atoms in total.